The summed E-state index contributed by atoms with van der Waals surface area (Å²) in [5.41, 5.74) is 2.84. The minimum Gasteiger partial charge on any atom is -0.508 e. The largest absolute Gasteiger partial charge is 0.508 e. The van der Waals surface area contributed by atoms with Gasteiger partial charge in [0.1, 0.15) is 11.6 Å². The second kappa shape index (κ2) is 4.59. The average molecular weight is 213 g/mol. The van der Waals surface area contributed by atoms with E-state index in [0.29, 0.717) is 5.56 Å². The third-order valence-corrected chi connectivity index (χ3v) is 1.68. The van der Waals surface area contributed by atoms with Crippen LogP contribution in [0.2, 0.25) is 0 Å². The van der Waals surface area contributed by atoms with Gasteiger partial charge in [0.25, 0.3) is 0 Å². The zero-order valence-corrected chi connectivity index (χ0v) is 9.17. The van der Waals surface area contributed by atoms with Crippen LogP contribution in [0.25, 0.3) is 0 Å². The van der Waals surface area contributed by atoms with Crippen LogP contribution in [0.1, 0.15) is 26.3 Å². The van der Waals surface area contributed by atoms with E-state index in [2.05, 4.69) is 5.48 Å². The summed E-state index contributed by atoms with van der Waals surface area (Å²) in [5, 5.41) is 9.40. The van der Waals surface area contributed by atoms with Gasteiger partial charge in [-0.05, 0) is 39.0 Å². The molecule has 84 valence electrons. The highest BCUT2D eigenvalue weighted by Crippen LogP contribution is 2.17. The average Bonchev–Trinajstić information content (AvgIpc) is 2.09. The van der Waals surface area contributed by atoms with E-state index >= 15 is 0 Å². The predicted molar refractivity (Wildman–Crippen MR) is 55.7 cm³/mol. The van der Waals surface area contributed by atoms with Gasteiger partial charge in [0.05, 0.1) is 5.60 Å². The van der Waals surface area contributed by atoms with Crippen molar-refractivity contribution < 1.29 is 14.3 Å². The Kier molecular flexibility index (Phi) is 3.66. The number of nitrogens with one attached hydrogen (secondary N) is 1. The molecule has 0 aliphatic carbocycles. The molecule has 0 bridgehead atoms. The highest BCUT2D eigenvalue weighted by atomic mass is 19.1. The van der Waals surface area contributed by atoms with Gasteiger partial charge in [-0.2, -0.15) is 5.48 Å². The molecule has 3 nitrogen and oxygen atoms in total. The van der Waals surface area contributed by atoms with Crippen LogP contribution in [0.15, 0.2) is 18.2 Å². The highest BCUT2D eigenvalue weighted by Gasteiger charge is 2.10. The molecule has 2 N–H and O–H groups in total. The summed E-state index contributed by atoms with van der Waals surface area (Å²) in [6.07, 6.45) is 0. The molecule has 0 amide bonds. The third kappa shape index (κ3) is 4.27. The first-order chi connectivity index (χ1) is 6.88. The molecule has 0 aromatic heterocycles. The minimum absolute atomic E-state index is 0.0569. The summed E-state index contributed by atoms with van der Waals surface area (Å²) < 4.78 is 12.8. The van der Waals surface area contributed by atoms with E-state index in [-0.39, 0.29) is 23.7 Å². The summed E-state index contributed by atoms with van der Waals surface area (Å²) >= 11 is 0. The van der Waals surface area contributed by atoms with Crippen molar-refractivity contribution >= 4 is 0 Å². The first-order valence-corrected chi connectivity index (χ1v) is 4.77. The fourth-order valence-corrected chi connectivity index (χ4v) is 1.03. The third-order valence-electron chi connectivity index (χ3n) is 1.68. The molecule has 0 saturated heterocycles. The van der Waals surface area contributed by atoms with Crippen molar-refractivity contribution in [1.29, 1.82) is 0 Å². The van der Waals surface area contributed by atoms with Crippen LogP contribution < -0.4 is 5.48 Å². The molecular weight excluding hydrogens is 197 g/mol. The summed E-state index contributed by atoms with van der Waals surface area (Å²) in [4.78, 5) is 5.24. The van der Waals surface area contributed by atoms with Crippen molar-refractivity contribution in [2.45, 2.75) is 32.9 Å². The molecule has 0 saturated carbocycles. The highest BCUT2D eigenvalue weighted by molar-refractivity contribution is 5.32. The second-order valence-electron chi connectivity index (χ2n) is 4.31. The molecule has 1 aromatic carbocycles. The predicted octanol–water partition coefficient (Wildman–Crippen LogP) is 2.35. The van der Waals surface area contributed by atoms with Crippen LogP contribution in [-0.2, 0) is 11.4 Å². The van der Waals surface area contributed by atoms with Gasteiger partial charge in [-0.3, -0.25) is 4.84 Å². The van der Waals surface area contributed by atoms with E-state index in [0.717, 1.165) is 0 Å². The Labute approximate surface area is 88.8 Å². The molecule has 15 heavy (non-hydrogen) atoms. The number of phenols is 1. The van der Waals surface area contributed by atoms with Crippen LogP contribution in [0.4, 0.5) is 4.39 Å². The lowest BCUT2D eigenvalue weighted by Crippen LogP contribution is -2.28. The molecule has 1 aromatic rings. The lowest BCUT2D eigenvalue weighted by molar-refractivity contribution is -0.0759. The normalized spacial score (nSPS) is 11.7. The number of benzene rings is 1. The van der Waals surface area contributed by atoms with Crippen LogP contribution >= 0.6 is 0 Å². The van der Waals surface area contributed by atoms with E-state index < -0.39 is 0 Å². The standard InChI is InChI=1S/C11H16FNO2/c1-11(2,3)15-13-7-8-6-9(12)4-5-10(8)14/h4-6,13-14H,7H2,1-3H3. The number of hydrogen-bond donors (Lipinski definition) is 2. The van der Waals surface area contributed by atoms with Crippen LogP contribution in [-0.4, -0.2) is 10.7 Å². The van der Waals surface area contributed by atoms with Gasteiger partial charge < -0.3 is 5.11 Å². The maximum absolute atomic E-state index is 12.8. The second-order valence-corrected chi connectivity index (χ2v) is 4.31. The molecule has 4 heteroatoms. The topological polar surface area (TPSA) is 41.5 Å². The van der Waals surface area contributed by atoms with E-state index in [1.807, 2.05) is 20.8 Å². The SMILES string of the molecule is CC(C)(C)ONCc1cc(F)ccc1O. The van der Waals surface area contributed by atoms with Crippen molar-refractivity contribution in [3.05, 3.63) is 29.6 Å². The van der Waals surface area contributed by atoms with Crippen molar-refractivity contribution in [2.24, 2.45) is 0 Å². The van der Waals surface area contributed by atoms with E-state index in [1.54, 1.807) is 0 Å². The van der Waals surface area contributed by atoms with Gasteiger partial charge >= 0.3 is 0 Å². The lowest BCUT2D eigenvalue weighted by Gasteiger charge is -2.19. The molecule has 0 fully saturated rings. The van der Waals surface area contributed by atoms with Gasteiger partial charge in [-0.25, -0.2) is 4.39 Å². The first kappa shape index (κ1) is 11.9. The number of rotatable bonds is 3. The molecule has 0 spiro atoms. The van der Waals surface area contributed by atoms with E-state index in [9.17, 15) is 9.50 Å². The van der Waals surface area contributed by atoms with Crippen LogP contribution in [0.5, 0.6) is 5.75 Å². The molecule has 1 rings (SSSR count). The van der Waals surface area contributed by atoms with E-state index in [1.165, 1.54) is 18.2 Å². The summed E-state index contributed by atoms with van der Waals surface area (Å²) in [6, 6.07) is 3.81. The molecule has 0 atom stereocenters. The fourth-order valence-electron chi connectivity index (χ4n) is 1.03. The van der Waals surface area contributed by atoms with Crippen molar-refractivity contribution in [1.82, 2.24) is 5.48 Å². The number of aromatic hydroxyl groups is 1. The Hall–Kier alpha value is -1.13. The number of hydrogen-bond acceptors (Lipinski definition) is 3. The number of phenolic OH excluding ortho intramolecular Hbond substituents is 1. The number of hydroxylamine groups is 1. The molecule has 0 aliphatic rings. The smallest absolute Gasteiger partial charge is 0.123 e. The van der Waals surface area contributed by atoms with Crippen molar-refractivity contribution in [3.8, 4) is 5.75 Å². The minimum atomic E-state index is -0.375. The first-order valence-electron chi connectivity index (χ1n) is 4.77. The summed E-state index contributed by atoms with van der Waals surface area (Å²) in [7, 11) is 0. The Bertz CT molecular complexity index is 334. The zero-order valence-electron chi connectivity index (χ0n) is 9.17. The Morgan fingerprint density at radius 2 is 2.07 bits per heavy atom. The lowest BCUT2D eigenvalue weighted by atomic mass is 10.2. The molecule has 0 heterocycles. The van der Waals surface area contributed by atoms with Crippen molar-refractivity contribution in [3.63, 3.8) is 0 Å². The van der Waals surface area contributed by atoms with Gasteiger partial charge in [-0.1, -0.05) is 0 Å². The van der Waals surface area contributed by atoms with Crippen molar-refractivity contribution in [2.75, 3.05) is 0 Å². The molecule has 0 unspecified atom stereocenters. The summed E-state index contributed by atoms with van der Waals surface area (Å²) in [5.74, 6) is -0.318. The summed E-state index contributed by atoms with van der Waals surface area (Å²) in [6.45, 7) is 5.95. The fraction of sp³-hybridized carbons (Fsp3) is 0.455. The van der Waals surface area contributed by atoms with Gasteiger partial charge in [-0.15, -0.1) is 0 Å². The van der Waals surface area contributed by atoms with Crippen LogP contribution in [0, 0.1) is 5.82 Å². The zero-order chi connectivity index (χ0) is 11.5. The molecular formula is C11H16FNO2. The van der Waals surface area contributed by atoms with Gasteiger partial charge in [0, 0.05) is 12.1 Å². The van der Waals surface area contributed by atoms with E-state index in [4.69, 9.17) is 4.84 Å². The Morgan fingerprint density at radius 1 is 1.40 bits per heavy atom. The molecule has 0 aliphatic heterocycles. The maximum atomic E-state index is 12.8. The Balaban J connectivity index is 2.54. The molecule has 0 radical (unpaired) electrons. The monoisotopic (exact) mass is 213 g/mol. The maximum Gasteiger partial charge on any atom is 0.123 e. The van der Waals surface area contributed by atoms with Gasteiger partial charge in [0.2, 0.25) is 0 Å². The Morgan fingerprint density at radius 3 is 2.67 bits per heavy atom. The number of halogens is 1. The quantitative estimate of drug-likeness (QED) is 0.757. The van der Waals surface area contributed by atoms with Crippen LogP contribution in [0.3, 0.4) is 0 Å². The van der Waals surface area contributed by atoms with Gasteiger partial charge in [0.15, 0.2) is 0 Å².